The number of carbonyl (C=O) groups is 2. The molecule has 0 radical (unpaired) electrons. The van der Waals surface area contributed by atoms with Crippen molar-refractivity contribution in [2.45, 2.75) is 25.8 Å². The zero-order valence-corrected chi connectivity index (χ0v) is 18.8. The van der Waals surface area contributed by atoms with E-state index in [1.54, 1.807) is 26.4 Å². The summed E-state index contributed by atoms with van der Waals surface area (Å²) in [7, 11) is 3.24. The number of ether oxygens (including phenoxy) is 2. The first-order chi connectivity index (χ1) is 15.6. The molecule has 32 heavy (non-hydrogen) atoms. The maximum absolute atomic E-state index is 12.8. The van der Waals surface area contributed by atoms with Crippen LogP contribution in [0.15, 0.2) is 42.5 Å². The number of carbonyl (C=O) groups excluding carboxylic acids is 2. The predicted octanol–water partition coefficient (Wildman–Crippen LogP) is 3.38. The Morgan fingerprint density at radius 3 is 2.56 bits per heavy atom. The summed E-state index contributed by atoms with van der Waals surface area (Å²) >= 11 is 0. The van der Waals surface area contributed by atoms with E-state index < -0.39 is 0 Å². The van der Waals surface area contributed by atoms with Crippen molar-refractivity contribution in [3.63, 3.8) is 0 Å². The van der Waals surface area contributed by atoms with E-state index in [4.69, 9.17) is 9.47 Å². The van der Waals surface area contributed by atoms with Gasteiger partial charge in [-0.1, -0.05) is 18.2 Å². The highest BCUT2D eigenvalue weighted by molar-refractivity contribution is 5.99. The van der Waals surface area contributed by atoms with Gasteiger partial charge in [0.15, 0.2) is 0 Å². The maximum atomic E-state index is 12.8. The Kier molecular flexibility index (Phi) is 8.74. The lowest BCUT2D eigenvalue weighted by molar-refractivity contribution is 0.0950. The number of benzene rings is 2. The van der Waals surface area contributed by atoms with Gasteiger partial charge in [0.2, 0.25) is 0 Å². The van der Waals surface area contributed by atoms with Crippen molar-refractivity contribution in [1.29, 1.82) is 0 Å². The van der Waals surface area contributed by atoms with Crippen LogP contribution in [0.5, 0.6) is 5.75 Å². The lowest BCUT2D eigenvalue weighted by Gasteiger charge is -2.22. The summed E-state index contributed by atoms with van der Waals surface area (Å²) in [5, 5.41) is 8.68. The summed E-state index contributed by atoms with van der Waals surface area (Å²) in [5.41, 5.74) is 2.93. The van der Waals surface area contributed by atoms with Crippen LogP contribution in [0.25, 0.3) is 0 Å². The van der Waals surface area contributed by atoms with Crippen molar-refractivity contribution in [3.8, 4) is 5.75 Å². The first kappa shape index (κ1) is 23.4. The average molecular weight is 441 g/mol. The minimum absolute atomic E-state index is 0.215. The molecule has 3 amide bonds. The normalized spacial score (nSPS) is 13.0. The Hall–Kier alpha value is -3.26. The Morgan fingerprint density at radius 2 is 1.81 bits per heavy atom. The highest BCUT2D eigenvalue weighted by atomic mass is 16.5. The number of para-hydroxylation sites is 1. The second kappa shape index (κ2) is 12.0. The van der Waals surface area contributed by atoms with Crippen LogP contribution in [-0.2, 0) is 11.3 Å². The van der Waals surface area contributed by atoms with Crippen molar-refractivity contribution in [2.24, 2.45) is 0 Å². The molecule has 0 spiro atoms. The van der Waals surface area contributed by atoms with E-state index in [9.17, 15) is 9.59 Å². The number of nitrogens with one attached hydrogen (secondary N) is 3. The van der Waals surface area contributed by atoms with Crippen molar-refractivity contribution in [3.05, 3.63) is 53.6 Å². The SMILES string of the molecule is COCCCNC(=O)Nc1cc(C(=O)NCc2ccccc2OC)ccc1N1CCCC1. The van der Waals surface area contributed by atoms with Crippen LogP contribution in [-0.4, -0.2) is 52.4 Å². The van der Waals surface area contributed by atoms with Gasteiger partial charge in [-0.25, -0.2) is 4.79 Å². The molecular formula is C24H32N4O4. The van der Waals surface area contributed by atoms with Gasteiger partial charge >= 0.3 is 6.03 Å². The van der Waals surface area contributed by atoms with Gasteiger partial charge in [-0.3, -0.25) is 4.79 Å². The van der Waals surface area contributed by atoms with Gasteiger partial charge in [0, 0.05) is 51.0 Å². The molecule has 0 aliphatic carbocycles. The van der Waals surface area contributed by atoms with Gasteiger partial charge in [-0.05, 0) is 43.5 Å². The van der Waals surface area contributed by atoms with Crippen LogP contribution in [0.4, 0.5) is 16.2 Å². The van der Waals surface area contributed by atoms with E-state index in [-0.39, 0.29) is 11.9 Å². The molecule has 1 fully saturated rings. The van der Waals surface area contributed by atoms with Crippen molar-refractivity contribution in [2.75, 3.05) is 50.7 Å². The van der Waals surface area contributed by atoms with Gasteiger partial charge in [0.1, 0.15) is 5.75 Å². The Morgan fingerprint density at radius 1 is 1.03 bits per heavy atom. The van der Waals surface area contributed by atoms with E-state index >= 15 is 0 Å². The quantitative estimate of drug-likeness (QED) is 0.493. The molecule has 3 rings (SSSR count). The highest BCUT2D eigenvalue weighted by Crippen LogP contribution is 2.30. The fourth-order valence-electron chi connectivity index (χ4n) is 3.72. The van der Waals surface area contributed by atoms with Gasteiger partial charge < -0.3 is 30.3 Å². The number of hydrogen-bond acceptors (Lipinski definition) is 5. The summed E-state index contributed by atoms with van der Waals surface area (Å²) in [6.07, 6.45) is 2.96. The zero-order valence-electron chi connectivity index (χ0n) is 18.8. The first-order valence-electron chi connectivity index (χ1n) is 10.9. The third kappa shape index (κ3) is 6.37. The van der Waals surface area contributed by atoms with Crippen LogP contribution in [0.1, 0.15) is 35.2 Å². The molecule has 8 heteroatoms. The molecule has 0 saturated carbocycles. The number of urea groups is 1. The van der Waals surface area contributed by atoms with Gasteiger partial charge in [0.25, 0.3) is 5.91 Å². The molecule has 2 aromatic carbocycles. The molecular weight excluding hydrogens is 408 g/mol. The smallest absolute Gasteiger partial charge is 0.319 e. The standard InChI is InChI=1S/C24H32N4O4/c1-31-15-7-12-25-24(30)27-20-16-18(10-11-21(20)28-13-5-6-14-28)23(29)26-17-19-8-3-4-9-22(19)32-2/h3-4,8-11,16H,5-7,12-15,17H2,1-2H3,(H,26,29)(H2,25,27,30). The number of hydrogen-bond donors (Lipinski definition) is 3. The minimum atomic E-state index is -0.298. The zero-order chi connectivity index (χ0) is 22.8. The molecule has 1 saturated heterocycles. The van der Waals surface area contributed by atoms with Crippen LogP contribution in [0.2, 0.25) is 0 Å². The molecule has 0 aromatic heterocycles. The summed E-state index contributed by atoms with van der Waals surface area (Å²) in [5.74, 6) is 0.511. The van der Waals surface area contributed by atoms with Gasteiger partial charge in [-0.2, -0.15) is 0 Å². The van der Waals surface area contributed by atoms with E-state index in [1.165, 1.54) is 0 Å². The molecule has 0 atom stereocenters. The summed E-state index contributed by atoms with van der Waals surface area (Å²) in [6, 6.07) is 12.7. The second-order valence-electron chi connectivity index (χ2n) is 7.65. The second-order valence-corrected chi connectivity index (χ2v) is 7.65. The van der Waals surface area contributed by atoms with Crippen LogP contribution in [0, 0.1) is 0 Å². The lowest BCUT2D eigenvalue weighted by Crippen LogP contribution is -2.31. The molecule has 1 heterocycles. The number of methoxy groups -OCH3 is 2. The Bertz CT molecular complexity index is 913. The largest absolute Gasteiger partial charge is 0.496 e. The highest BCUT2D eigenvalue weighted by Gasteiger charge is 2.19. The van der Waals surface area contributed by atoms with Crippen molar-refractivity contribution in [1.82, 2.24) is 10.6 Å². The predicted molar refractivity (Wildman–Crippen MR) is 126 cm³/mol. The Labute approximate surface area is 189 Å². The molecule has 172 valence electrons. The molecule has 0 bridgehead atoms. The monoisotopic (exact) mass is 440 g/mol. The van der Waals surface area contributed by atoms with Gasteiger partial charge in [-0.15, -0.1) is 0 Å². The van der Waals surface area contributed by atoms with Crippen LogP contribution < -0.4 is 25.6 Å². The fraction of sp³-hybridized carbons (Fsp3) is 0.417. The van der Waals surface area contributed by atoms with Crippen molar-refractivity contribution >= 4 is 23.3 Å². The lowest BCUT2D eigenvalue weighted by atomic mass is 10.1. The van der Waals surface area contributed by atoms with Crippen LogP contribution >= 0.6 is 0 Å². The average Bonchev–Trinajstić information content (AvgIpc) is 3.35. The number of anilines is 2. The number of nitrogens with zero attached hydrogens (tertiary/aromatic N) is 1. The summed E-state index contributed by atoms with van der Waals surface area (Å²) < 4.78 is 10.4. The third-order valence-electron chi connectivity index (χ3n) is 5.40. The van der Waals surface area contributed by atoms with Crippen molar-refractivity contribution < 1.29 is 19.1 Å². The Balaban J connectivity index is 1.71. The molecule has 1 aliphatic rings. The molecule has 1 aliphatic heterocycles. The van der Waals surface area contributed by atoms with E-state index in [2.05, 4.69) is 20.9 Å². The molecule has 2 aromatic rings. The molecule has 8 nitrogen and oxygen atoms in total. The summed E-state index contributed by atoms with van der Waals surface area (Å²) in [4.78, 5) is 27.5. The van der Waals surface area contributed by atoms with E-state index in [1.807, 2.05) is 30.3 Å². The summed E-state index contributed by atoms with van der Waals surface area (Å²) in [6.45, 7) is 3.31. The molecule has 3 N–H and O–H groups in total. The first-order valence-corrected chi connectivity index (χ1v) is 10.9. The number of rotatable bonds is 10. The van der Waals surface area contributed by atoms with E-state index in [0.29, 0.717) is 30.9 Å². The molecule has 0 unspecified atom stereocenters. The topological polar surface area (TPSA) is 91.9 Å². The minimum Gasteiger partial charge on any atom is -0.496 e. The third-order valence-corrected chi connectivity index (χ3v) is 5.40. The fourth-order valence-corrected chi connectivity index (χ4v) is 3.72. The van der Waals surface area contributed by atoms with Gasteiger partial charge in [0.05, 0.1) is 18.5 Å². The van der Waals surface area contributed by atoms with Crippen LogP contribution in [0.3, 0.4) is 0 Å². The number of amides is 3. The maximum Gasteiger partial charge on any atom is 0.319 e. The van der Waals surface area contributed by atoms with E-state index in [0.717, 1.165) is 49.4 Å².